The van der Waals surface area contributed by atoms with Crippen molar-refractivity contribution in [2.24, 2.45) is 0 Å². The fourth-order valence-corrected chi connectivity index (χ4v) is 4.62. The van der Waals surface area contributed by atoms with Gasteiger partial charge in [-0.25, -0.2) is 17.9 Å². The van der Waals surface area contributed by atoms with E-state index in [1.54, 1.807) is 30.3 Å². The fourth-order valence-electron chi connectivity index (χ4n) is 3.71. The molecule has 0 aromatic heterocycles. The van der Waals surface area contributed by atoms with E-state index < -0.39 is 16.1 Å². The summed E-state index contributed by atoms with van der Waals surface area (Å²) >= 11 is 0. The number of unbranched alkanes of at least 4 members (excludes halogenated alkanes) is 9. The lowest BCUT2D eigenvalue weighted by Gasteiger charge is -2.10. The minimum absolute atomic E-state index is 0.0868. The van der Waals surface area contributed by atoms with Gasteiger partial charge >= 0.3 is 6.03 Å². The van der Waals surface area contributed by atoms with Gasteiger partial charge in [-0.15, -0.1) is 0 Å². The van der Waals surface area contributed by atoms with Crippen LogP contribution in [0.1, 0.15) is 82.3 Å². The van der Waals surface area contributed by atoms with Gasteiger partial charge in [0, 0.05) is 5.69 Å². The number of anilines is 1. The lowest BCUT2D eigenvalue weighted by molar-refractivity contribution is 0.256. The third kappa shape index (κ3) is 9.86. The number of carbonyl (C=O) groups excluding carboxylic acids is 1. The van der Waals surface area contributed by atoms with Crippen LogP contribution in [0, 0.1) is 6.92 Å². The van der Waals surface area contributed by atoms with Gasteiger partial charge in [0.25, 0.3) is 10.0 Å². The summed E-state index contributed by atoms with van der Waals surface area (Å²) in [6.07, 6.45) is 13.9. The molecule has 6 heteroatoms. The molecule has 5 nitrogen and oxygen atoms in total. The monoisotopic (exact) mass is 458 g/mol. The van der Waals surface area contributed by atoms with Crippen molar-refractivity contribution in [1.82, 2.24) is 4.72 Å². The van der Waals surface area contributed by atoms with Gasteiger partial charge in [-0.3, -0.25) is 0 Å². The molecular formula is C26H38N2O3S. The lowest BCUT2D eigenvalue weighted by Crippen LogP contribution is -2.34. The Kier molecular flexibility index (Phi) is 11.3. The number of rotatable bonds is 14. The smallest absolute Gasteiger partial charge is 0.307 e. The van der Waals surface area contributed by atoms with Gasteiger partial charge in [0.05, 0.1) is 4.90 Å². The number of aryl methyl sites for hydroxylation is 2. The molecule has 0 saturated carbocycles. The van der Waals surface area contributed by atoms with E-state index in [1.165, 1.54) is 57.8 Å². The SMILES string of the molecule is CCCCCCCCCCCCc1ccc(S(=O)(=O)NC(=O)Nc2cccc(C)c2)cc1. The van der Waals surface area contributed by atoms with Gasteiger partial charge in [0.15, 0.2) is 0 Å². The summed E-state index contributed by atoms with van der Waals surface area (Å²) in [5, 5.41) is 2.55. The van der Waals surface area contributed by atoms with Crippen molar-refractivity contribution in [2.75, 3.05) is 5.32 Å². The van der Waals surface area contributed by atoms with Gasteiger partial charge in [-0.1, -0.05) is 89.0 Å². The van der Waals surface area contributed by atoms with Gasteiger partial charge in [-0.2, -0.15) is 0 Å². The van der Waals surface area contributed by atoms with Gasteiger partial charge in [-0.05, 0) is 55.2 Å². The maximum Gasteiger partial charge on any atom is 0.333 e. The van der Waals surface area contributed by atoms with Crippen LogP contribution in [0.5, 0.6) is 0 Å². The highest BCUT2D eigenvalue weighted by molar-refractivity contribution is 7.90. The Bertz CT molecular complexity index is 924. The third-order valence-corrected chi connectivity index (χ3v) is 6.90. The van der Waals surface area contributed by atoms with Crippen molar-refractivity contribution in [3.63, 3.8) is 0 Å². The molecule has 0 aliphatic rings. The number of sulfonamides is 1. The molecule has 0 aliphatic heterocycles. The van der Waals surface area contributed by atoms with Gasteiger partial charge in [0.2, 0.25) is 0 Å². The lowest BCUT2D eigenvalue weighted by atomic mass is 10.0. The maximum atomic E-state index is 12.5. The Morgan fingerprint density at radius 1 is 0.812 bits per heavy atom. The van der Waals surface area contributed by atoms with E-state index in [1.807, 2.05) is 25.1 Å². The molecule has 0 bridgehead atoms. The van der Waals surface area contributed by atoms with Gasteiger partial charge < -0.3 is 5.32 Å². The number of hydrogen-bond acceptors (Lipinski definition) is 3. The van der Waals surface area contributed by atoms with E-state index in [0.29, 0.717) is 5.69 Å². The summed E-state index contributed by atoms with van der Waals surface area (Å²) in [5.74, 6) is 0. The van der Waals surface area contributed by atoms with Crippen LogP contribution in [0.25, 0.3) is 0 Å². The summed E-state index contributed by atoms with van der Waals surface area (Å²) in [7, 11) is -3.91. The molecule has 2 aromatic rings. The molecule has 0 fully saturated rings. The van der Waals surface area contributed by atoms with Crippen LogP contribution in [-0.2, 0) is 16.4 Å². The van der Waals surface area contributed by atoms with Crippen molar-refractivity contribution in [1.29, 1.82) is 0 Å². The molecule has 176 valence electrons. The number of hydrogen-bond donors (Lipinski definition) is 2. The molecule has 0 aliphatic carbocycles. The molecule has 0 saturated heterocycles. The quantitative estimate of drug-likeness (QED) is 0.300. The Morgan fingerprint density at radius 3 is 2.00 bits per heavy atom. The van der Waals surface area contributed by atoms with E-state index in [-0.39, 0.29) is 4.90 Å². The number of benzene rings is 2. The highest BCUT2D eigenvalue weighted by Gasteiger charge is 2.17. The molecule has 2 rings (SSSR count). The van der Waals surface area contributed by atoms with Crippen molar-refractivity contribution in [3.8, 4) is 0 Å². The summed E-state index contributed by atoms with van der Waals surface area (Å²) < 4.78 is 27.0. The van der Waals surface area contributed by atoms with Crippen molar-refractivity contribution >= 4 is 21.7 Å². The van der Waals surface area contributed by atoms with Crippen molar-refractivity contribution in [2.45, 2.75) is 89.4 Å². The number of urea groups is 1. The predicted octanol–water partition coefficient (Wildman–Crippen LogP) is 6.97. The van der Waals surface area contributed by atoms with Crippen LogP contribution in [0.15, 0.2) is 53.4 Å². The minimum atomic E-state index is -3.91. The predicted molar refractivity (Wildman–Crippen MR) is 133 cm³/mol. The molecule has 32 heavy (non-hydrogen) atoms. The van der Waals surface area contributed by atoms with Gasteiger partial charge in [0.1, 0.15) is 0 Å². The number of carbonyl (C=O) groups is 1. The molecule has 0 atom stereocenters. The minimum Gasteiger partial charge on any atom is -0.307 e. The third-order valence-electron chi connectivity index (χ3n) is 5.56. The Balaban J connectivity index is 1.70. The maximum absolute atomic E-state index is 12.5. The first-order valence-electron chi connectivity index (χ1n) is 11.9. The molecule has 0 spiro atoms. The van der Waals surface area contributed by atoms with E-state index in [4.69, 9.17) is 0 Å². The molecule has 2 amide bonds. The summed E-state index contributed by atoms with van der Waals surface area (Å²) in [5.41, 5.74) is 2.64. The molecular weight excluding hydrogens is 420 g/mol. The summed E-state index contributed by atoms with van der Waals surface area (Å²) in [4.78, 5) is 12.2. The number of amides is 2. The average molecular weight is 459 g/mol. The second kappa shape index (κ2) is 13.9. The van der Waals surface area contributed by atoms with Crippen LogP contribution >= 0.6 is 0 Å². The standard InChI is InChI=1S/C26H38N2O3S/c1-3-4-5-6-7-8-9-10-11-12-15-23-17-19-25(20-18-23)32(30,31)28-26(29)27-24-16-13-14-22(2)21-24/h13-14,16-21H,3-12,15H2,1-2H3,(H2,27,28,29). The topological polar surface area (TPSA) is 75.3 Å². The summed E-state index contributed by atoms with van der Waals surface area (Å²) in [6.45, 7) is 4.15. The zero-order valence-corrected chi connectivity index (χ0v) is 20.3. The fraction of sp³-hybridized carbons (Fsp3) is 0.500. The van der Waals surface area contributed by atoms with Crippen LogP contribution < -0.4 is 10.0 Å². The first-order chi connectivity index (χ1) is 15.4. The molecule has 2 N–H and O–H groups in total. The van der Waals surface area contributed by atoms with E-state index in [0.717, 1.165) is 24.0 Å². The van der Waals surface area contributed by atoms with E-state index in [2.05, 4.69) is 17.0 Å². The molecule has 0 unspecified atom stereocenters. The molecule has 0 heterocycles. The molecule has 0 radical (unpaired) electrons. The normalized spacial score (nSPS) is 11.3. The first-order valence-corrected chi connectivity index (χ1v) is 13.4. The molecule has 2 aromatic carbocycles. The highest BCUT2D eigenvalue weighted by atomic mass is 32.2. The highest BCUT2D eigenvalue weighted by Crippen LogP contribution is 2.15. The van der Waals surface area contributed by atoms with Crippen LogP contribution in [-0.4, -0.2) is 14.4 Å². The van der Waals surface area contributed by atoms with Crippen molar-refractivity contribution in [3.05, 3.63) is 59.7 Å². The Morgan fingerprint density at radius 2 is 1.41 bits per heavy atom. The zero-order valence-electron chi connectivity index (χ0n) is 19.5. The van der Waals surface area contributed by atoms with E-state index >= 15 is 0 Å². The van der Waals surface area contributed by atoms with E-state index in [9.17, 15) is 13.2 Å². The second-order valence-electron chi connectivity index (χ2n) is 8.51. The largest absolute Gasteiger partial charge is 0.333 e. The average Bonchev–Trinajstić information content (AvgIpc) is 2.75. The zero-order chi connectivity index (χ0) is 23.2. The first kappa shape index (κ1) is 25.9. The van der Waals surface area contributed by atoms with Crippen LogP contribution in [0.3, 0.4) is 0 Å². The van der Waals surface area contributed by atoms with Crippen LogP contribution in [0.2, 0.25) is 0 Å². The van der Waals surface area contributed by atoms with Crippen molar-refractivity contribution < 1.29 is 13.2 Å². The Hall–Kier alpha value is -2.34. The number of nitrogens with one attached hydrogen (secondary N) is 2. The Labute approximate surface area is 194 Å². The second-order valence-corrected chi connectivity index (χ2v) is 10.2. The van der Waals surface area contributed by atoms with Crippen LogP contribution in [0.4, 0.5) is 10.5 Å². The summed E-state index contributed by atoms with van der Waals surface area (Å²) in [6, 6.07) is 13.2.